The molecule has 4 nitrogen and oxygen atoms in total. The van der Waals surface area contributed by atoms with Gasteiger partial charge in [0.05, 0.1) is 11.1 Å². The van der Waals surface area contributed by atoms with Crippen molar-refractivity contribution >= 4 is 0 Å². The normalized spacial score (nSPS) is 14.6. The number of benzene rings is 1. The largest absolute Gasteiger partial charge is 0.314 e. The van der Waals surface area contributed by atoms with E-state index in [-0.39, 0.29) is 11.2 Å². The summed E-state index contributed by atoms with van der Waals surface area (Å²) in [6.45, 7) is 5.01. The zero-order valence-corrected chi connectivity index (χ0v) is 15.2. The molecule has 4 rings (SSSR count). The summed E-state index contributed by atoms with van der Waals surface area (Å²) in [7, 11) is 0. The lowest BCUT2D eigenvalue weighted by atomic mass is 9.87. The van der Waals surface area contributed by atoms with Crippen LogP contribution >= 0.6 is 0 Å². The average molecular weight is 350 g/mol. The van der Waals surface area contributed by atoms with Gasteiger partial charge in [-0.3, -0.25) is 4.98 Å². The lowest BCUT2D eigenvalue weighted by Gasteiger charge is -2.24. The second kappa shape index (κ2) is 6.63. The molecule has 0 spiro atoms. The van der Waals surface area contributed by atoms with Gasteiger partial charge in [0.1, 0.15) is 17.5 Å². The van der Waals surface area contributed by atoms with Crippen LogP contribution in [0.5, 0.6) is 0 Å². The van der Waals surface area contributed by atoms with E-state index in [1.54, 1.807) is 12.1 Å². The monoisotopic (exact) mass is 350 g/mol. The molecular formula is C21H23FN4. The lowest BCUT2D eigenvalue weighted by molar-refractivity contribution is 0.508. The molecule has 0 aliphatic heterocycles. The predicted molar refractivity (Wildman–Crippen MR) is 98.5 cm³/mol. The van der Waals surface area contributed by atoms with Crippen molar-refractivity contribution in [1.82, 2.24) is 19.7 Å². The fourth-order valence-corrected chi connectivity index (χ4v) is 3.42. The minimum atomic E-state index is -0.344. The first-order chi connectivity index (χ1) is 12.6. The van der Waals surface area contributed by atoms with Gasteiger partial charge in [-0.2, -0.15) is 0 Å². The SMILES string of the molecule is CC(C)(c1ccccn1)c1nnc(C2CC2)n1CCc1cccc(F)c1. The third kappa shape index (κ3) is 3.26. The van der Waals surface area contributed by atoms with Crippen LogP contribution in [0.1, 0.15) is 55.5 Å². The van der Waals surface area contributed by atoms with Crippen LogP contribution in [0.2, 0.25) is 0 Å². The van der Waals surface area contributed by atoms with E-state index in [2.05, 4.69) is 33.6 Å². The molecule has 0 saturated heterocycles. The number of aromatic nitrogens is 4. The highest BCUT2D eigenvalue weighted by Crippen LogP contribution is 2.41. The molecule has 3 aromatic rings. The van der Waals surface area contributed by atoms with Crippen LogP contribution in [-0.4, -0.2) is 19.7 Å². The maximum Gasteiger partial charge on any atom is 0.144 e. The summed E-state index contributed by atoms with van der Waals surface area (Å²) in [5, 5.41) is 9.07. The number of pyridine rings is 1. The Morgan fingerprint density at radius 1 is 1.12 bits per heavy atom. The average Bonchev–Trinajstić information content (AvgIpc) is 3.39. The zero-order chi connectivity index (χ0) is 18.1. The quantitative estimate of drug-likeness (QED) is 0.667. The second-order valence-corrected chi connectivity index (χ2v) is 7.53. The second-order valence-electron chi connectivity index (χ2n) is 7.53. The van der Waals surface area contributed by atoms with Crippen molar-refractivity contribution in [2.75, 3.05) is 0 Å². The van der Waals surface area contributed by atoms with Gasteiger partial charge in [0.15, 0.2) is 0 Å². The van der Waals surface area contributed by atoms with Gasteiger partial charge in [-0.25, -0.2) is 4.39 Å². The van der Waals surface area contributed by atoms with Crippen LogP contribution < -0.4 is 0 Å². The Morgan fingerprint density at radius 2 is 1.96 bits per heavy atom. The minimum Gasteiger partial charge on any atom is -0.314 e. The first kappa shape index (κ1) is 16.9. The molecule has 134 valence electrons. The Morgan fingerprint density at radius 3 is 2.65 bits per heavy atom. The third-order valence-corrected chi connectivity index (χ3v) is 5.10. The summed E-state index contributed by atoms with van der Waals surface area (Å²) in [6.07, 6.45) is 4.90. The van der Waals surface area contributed by atoms with Gasteiger partial charge >= 0.3 is 0 Å². The molecule has 0 bridgehead atoms. The fraction of sp³-hybridized carbons (Fsp3) is 0.381. The molecule has 26 heavy (non-hydrogen) atoms. The number of hydrogen-bond acceptors (Lipinski definition) is 3. The summed E-state index contributed by atoms with van der Waals surface area (Å²) < 4.78 is 15.7. The molecule has 0 atom stereocenters. The molecule has 0 radical (unpaired) electrons. The molecule has 1 fully saturated rings. The molecule has 1 aliphatic rings. The van der Waals surface area contributed by atoms with Crippen LogP contribution in [0.4, 0.5) is 4.39 Å². The van der Waals surface area contributed by atoms with Gasteiger partial charge < -0.3 is 4.57 Å². The Labute approximate surface area is 153 Å². The number of rotatable bonds is 6. The van der Waals surface area contributed by atoms with E-state index >= 15 is 0 Å². The molecule has 0 amide bonds. The molecule has 5 heteroatoms. The van der Waals surface area contributed by atoms with Crippen LogP contribution in [0, 0.1) is 5.82 Å². The van der Waals surface area contributed by atoms with Crippen molar-refractivity contribution in [3.05, 3.63) is 77.4 Å². The van der Waals surface area contributed by atoms with Crippen molar-refractivity contribution in [1.29, 1.82) is 0 Å². The summed E-state index contributed by atoms with van der Waals surface area (Å²) in [5.41, 5.74) is 1.62. The van der Waals surface area contributed by atoms with Gasteiger partial charge in [-0.05, 0) is 62.9 Å². The smallest absolute Gasteiger partial charge is 0.144 e. The van der Waals surface area contributed by atoms with Gasteiger partial charge in [0, 0.05) is 18.7 Å². The molecular weight excluding hydrogens is 327 g/mol. The zero-order valence-electron chi connectivity index (χ0n) is 15.2. The van der Waals surface area contributed by atoms with E-state index in [1.165, 1.54) is 18.9 Å². The standard InChI is InChI=1S/C21H23FN4/c1-21(2,18-8-3-4-12-23-18)20-25-24-19(16-9-10-16)26(20)13-11-15-6-5-7-17(22)14-15/h3-8,12,14,16H,9-11,13H2,1-2H3. The van der Waals surface area contributed by atoms with E-state index in [0.29, 0.717) is 5.92 Å². The molecule has 1 aliphatic carbocycles. The molecule has 0 unspecified atom stereocenters. The van der Waals surface area contributed by atoms with E-state index < -0.39 is 0 Å². The van der Waals surface area contributed by atoms with E-state index in [0.717, 1.165) is 35.9 Å². The Balaban J connectivity index is 1.67. The molecule has 2 heterocycles. The van der Waals surface area contributed by atoms with Crippen molar-refractivity contribution in [3.63, 3.8) is 0 Å². The highest BCUT2D eigenvalue weighted by Gasteiger charge is 2.36. The molecule has 0 N–H and O–H groups in total. The summed E-state index contributed by atoms with van der Waals surface area (Å²) in [5.74, 6) is 2.29. The van der Waals surface area contributed by atoms with Gasteiger partial charge in [0.2, 0.25) is 0 Å². The first-order valence-electron chi connectivity index (χ1n) is 9.15. The van der Waals surface area contributed by atoms with E-state index in [4.69, 9.17) is 0 Å². The van der Waals surface area contributed by atoms with Crippen molar-refractivity contribution < 1.29 is 4.39 Å². The predicted octanol–water partition coefficient (Wildman–Crippen LogP) is 4.26. The lowest BCUT2D eigenvalue weighted by Crippen LogP contribution is -2.26. The van der Waals surface area contributed by atoms with E-state index in [1.807, 2.05) is 30.5 Å². The Kier molecular flexibility index (Phi) is 4.31. The minimum absolute atomic E-state index is 0.192. The van der Waals surface area contributed by atoms with E-state index in [9.17, 15) is 4.39 Å². The van der Waals surface area contributed by atoms with Crippen molar-refractivity contribution in [2.45, 2.75) is 51.0 Å². The van der Waals surface area contributed by atoms with Gasteiger partial charge in [-0.15, -0.1) is 10.2 Å². The summed E-state index contributed by atoms with van der Waals surface area (Å²) in [4.78, 5) is 4.54. The number of hydrogen-bond donors (Lipinski definition) is 0. The highest BCUT2D eigenvalue weighted by atomic mass is 19.1. The van der Waals surface area contributed by atoms with Gasteiger partial charge in [0.25, 0.3) is 0 Å². The maximum absolute atomic E-state index is 13.5. The maximum atomic E-state index is 13.5. The number of halogens is 1. The first-order valence-corrected chi connectivity index (χ1v) is 9.15. The van der Waals surface area contributed by atoms with Crippen molar-refractivity contribution in [2.24, 2.45) is 0 Å². The Bertz CT molecular complexity index is 897. The Hall–Kier alpha value is -2.56. The fourth-order valence-electron chi connectivity index (χ4n) is 3.42. The van der Waals surface area contributed by atoms with Crippen LogP contribution in [-0.2, 0) is 18.4 Å². The summed E-state index contributed by atoms with van der Waals surface area (Å²) in [6, 6.07) is 12.8. The summed E-state index contributed by atoms with van der Waals surface area (Å²) >= 11 is 0. The van der Waals surface area contributed by atoms with Crippen LogP contribution in [0.25, 0.3) is 0 Å². The number of aryl methyl sites for hydroxylation is 1. The van der Waals surface area contributed by atoms with Crippen LogP contribution in [0.3, 0.4) is 0 Å². The number of nitrogens with zero attached hydrogens (tertiary/aromatic N) is 4. The van der Waals surface area contributed by atoms with Crippen molar-refractivity contribution in [3.8, 4) is 0 Å². The van der Waals surface area contributed by atoms with Gasteiger partial charge in [-0.1, -0.05) is 18.2 Å². The van der Waals surface area contributed by atoms with Crippen LogP contribution in [0.15, 0.2) is 48.7 Å². The topological polar surface area (TPSA) is 43.6 Å². The highest BCUT2D eigenvalue weighted by molar-refractivity contribution is 5.27. The molecule has 1 aromatic carbocycles. The molecule has 1 saturated carbocycles. The third-order valence-electron chi connectivity index (χ3n) is 5.10. The molecule has 2 aromatic heterocycles.